The van der Waals surface area contributed by atoms with Gasteiger partial charge in [0.05, 0.1) is 0 Å². The van der Waals surface area contributed by atoms with Crippen molar-refractivity contribution in [3.63, 3.8) is 0 Å². The van der Waals surface area contributed by atoms with Gasteiger partial charge in [-0.1, -0.05) is 25.4 Å². The minimum Gasteiger partial charge on any atom is -0.295 e. The summed E-state index contributed by atoms with van der Waals surface area (Å²) < 4.78 is 0. The second kappa shape index (κ2) is 3.67. The van der Waals surface area contributed by atoms with Crippen LogP contribution in [0.2, 0.25) is 0 Å². The third-order valence-electron chi connectivity index (χ3n) is 0.796. The van der Waals surface area contributed by atoms with E-state index < -0.39 is 0 Å². The zero-order valence-electron chi connectivity index (χ0n) is 5.02. The van der Waals surface area contributed by atoms with Gasteiger partial charge in [-0.15, -0.1) is 0 Å². The highest BCUT2D eigenvalue weighted by atomic mass is 35.5. The summed E-state index contributed by atoms with van der Waals surface area (Å²) in [6.45, 7) is 3.67. The normalized spacial score (nSPS) is 11.0. The molecule has 0 aromatic heterocycles. The predicted molar refractivity (Wildman–Crippen MR) is 34.8 cm³/mol. The quantitative estimate of drug-likeness (QED) is 0.525. The summed E-state index contributed by atoms with van der Waals surface area (Å²) in [6.07, 6.45) is 1.37. The van der Waals surface area contributed by atoms with E-state index in [9.17, 15) is 4.79 Å². The van der Waals surface area contributed by atoms with Crippen molar-refractivity contribution in [2.75, 3.05) is 0 Å². The number of hydrogen-bond acceptors (Lipinski definition) is 1. The SMILES string of the molecule is CC(C)C(=O)/C=C/Cl. The smallest absolute Gasteiger partial charge is 0.159 e. The Bertz CT molecular complexity index is 105. The van der Waals surface area contributed by atoms with E-state index in [4.69, 9.17) is 11.6 Å². The molecule has 0 bridgehead atoms. The number of carbonyl (C=O) groups excluding carboxylic acids is 1. The Morgan fingerprint density at radius 3 is 2.25 bits per heavy atom. The first-order valence-corrected chi connectivity index (χ1v) is 2.92. The lowest BCUT2D eigenvalue weighted by molar-refractivity contribution is -0.117. The van der Waals surface area contributed by atoms with Crippen LogP contribution in [-0.4, -0.2) is 5.78 Å². The molecule has 0 atom stereocenters. The van der Waals surface area contributed by atoms with E-state index in [2.05, 4.69) is 0 Å². The summed E-state index contributed by atoms with van der Waals surface area (Å²) in [7, 11) is 0. The first-order valence-electron chi connectivity index (χ1n) is 2.49. The van der Waals surface area contributed by atoms with Crippen molar-refractivity contribution in [2.45, 2.75) is 13.8 Å². The van der Waals surface area contributed by atoms with Gasteiger partial charge in [0.15, 0.2) is 5.78 Å². The lowest BCUT2D eigenvalue weighted by atomic mass is 10.1. The molecule has 2 heteroatoms. The number of hydrogen-bond donors (Lipinski definition) is 0. The molecule has 0 fully saturated rings. The van der Waals surface area contributed by atoms with Crippen LogP contribution in [0.25, 0.3) is 0 Å². The third-order valence-corrected chi connectivity index (χ3v) is 0.922. The van der Waals surface area contributed by atoms with E-state index >= 15 is 0 Å². The van der Waals surface area contributed by atoms with Gasteiger partial charge >= 0.3 is 0 Å². The van der Waals surface area contributed by atoms with Crippen molar-refractivity contribution in [3.05, 3.63) is 11.6 Å². The van der Waals surface area contributed by atoms with Crippen LogP contribution in [0, 0.1) is 5.92 Å². The first-order chi connectivity index (χ1) is 3.68. The largest absolute Gasteiger partial charge is 0.295 e. The third kappa shape index (κ3) is 2.80. The van der Waals surface area contributed by atoms with Crippen LogP contribution in [0.5, 0.6) is 0 Å². The van der Waals surface area contributed by atoms with E-state index in [0.29, 0.717) is 0 Å². The van der Waals surface area contributed by atoms with Gasteiger partial charge in [-0.05, 0) is 6.08 Å². The summed E-state index contributed by atoms with van der Waals surface area (Å²) in [6, 6.07) is 0. The van der Waals surface area contributed by atoms with Gasteiger partial charge in [0, 0.05) is 11.5 Å². The first kappa shape index (κ1) is 7.70. The van der Waals surface area contributed by atoms with Crippen molar-refractivity contribution in [2.24, 2.45) is 5.92 Å². The Kier molecular flexibility index (Phi) is 3.53. The zero-order valence-corrected chi connectivity index (χ0v) is 5.77. The molecule has 0 saturated heterocycles. The Hall–Kier alpha value is -0.300. The molecule has 0 aliphatic rings. The van der Waals surface area contributed by atoms with E-state index in [1.54, 1.807) is 0 Å². The van der Waals surface area contributed by atoms with E-state index in [0.717, 1.165) is 0 Å². The molecule has 8 heavy (non-hydrogen) atoms. The minimum absolute atomic E-state index is 0.0602. The second-order valence-corrected chi connectivity index (χ2v) is 2.10. The van der Waals surface area contributed by atoms with Crippen LogP contribution in [0.15, 0.2) is 11.6 Å². The Morgan fingerprint density at radius 1 is 1.62 bits per heavy atom. The monoisotopic (exact) mass is 132 g/mol. The molecule has 0 N–H and O–H groups in total. The molecular formula is C6H9ClO. The molecule has 0 aliphatic heterocycles. The predicted octanol–water partition coefficient (Wildman–Crippen LogP) is 1.96. The number of halogens is 1. The Balaban J connectivity index is 3.66. The molecular weight excluding hydrogens is 124 g/mol. The number of ketones is 1. The average Bonchev–Trinajstić information content (AvgIpc) is 1.67. The molecule has 46 valence electrons. The van der Waals surface area contributed by atoms with E-state index in [1.165, 1.54) is 11.6 Å². The number of carbonyl (C=O) groups is 1. The summed E-state index contributed by atoms with van der Waals surface area (Å²) in [5.41, 5.74) is 1.24. The summed E-state index contributed by atoms with van der Waals surface area (Å²) in [5.74, 6) is 0.130. The van der Waals surface area contributed by atoms with Crippen LogP contribution in [0.3, 0.4) is 0 Å². The fourth-order valence-corrected chi connectivity index (χ4v) is 0.379. The van der Waals surface area contributed by atoms with Crippen molar-refractivity contribution < 1.29 is 4.79 Å². The molecule has 0 aliphatic carbocycles. The van der Waals surface area contributed by atoms with Crippen LogP contribution >= 0.6 is 11.6 Å². The highest BCUT2D eigenvalue weighted by molar-refractivity contribution is 6.26. The molecule has 0 aromatic rings. The molecule has 0 aromatic carbocycles. The van der Waals surface area contributed by atoms with Gasteiger partial charge in [0.2, 0.25) is 0 Å². The topological polar surface area (TPSA) is 17.1 Å². The maximum Gasteiger partial charge on any atom is 0.159 e. The molecule has 0 unspecified atom stereocenters. The lowest BCUT2D eigenvalue weighted by Gasteiger charge is -1.93. The highest BCUT2D eigenvalue weighted by Crippen LogP contribution is 1.95. The van der Waals surface area contributed by atoms with E-state index in [-0.39, 0.29) is 11.7 Å². The van der Waals surface area contributed by atoms with Crippen molar-refractivity contribution >= 4 is 17.4 Å². The van der Waals surface area contributed by atoms with Crippen molar-refractivity contribution in [1.82, 2.24) is 0 Å². The van der Waals surface area contributed by atoms with Crippen LogP contribution in [0.1, 0.15) is 13.8 Å². The molecule has 1 nitrogen and oxygen atoms in total. The molecule has 0 heterocycles. The molecule has 0 saturated carbocycles. The molecule has 0 radical (unpaired) electrons. The number of rotatable bonds is 2. The lowest BCUT2D eigenvalue weighted by Crippen LogP contribution is -2.01. The fourth-order valence-electron chi connectivity index (χ4n) is 0.255. The average molecular weight is 133 g/mol. The van der Waals surface area contributed by atoms with Gasteiger partial charge in [-0.3, -0.25) is 4.79 Å². The maximum absolute atomic E-state index is 10.6. The summed E-state index contributed by atoms with van der Waals surface area (Å²) in [5, 5.41) is 0. The Labute approximate surface area is 54.3 Å². The fraction of sp³-hybridized carbons (Fsp3) is 0.500. The minimum atomic E-state index is 0.0602. The highest BCUT2D eigenvalue weighted by Gasteiger charge is 1.99. The van der Waals surface area contributed by atoms with Gasteiger partial charge in [0.25, 0.3) is 0 Å². The van der Waals surface area contributed by atoms with Gasteiger partial charge in [0.1, 0.15) is 0 Å². The molecule has 0 spiro atoms. The summed E-state index contributed by atoms with van der Waals surface area (Å²) >= 11 is 5.14. The van der Waals surface area contributed by atoms with Gasteiger partial charge in [-0.2, -0.15) is 0 Å². The molecule has 0 rings (SSSR count). The summed E-state index contributed by atoms with van der Waals surface area (Å²) in [4.78, 5) is 10.6. The Morgan fingerprint density at radius 2 is 2.12 bits per heavy atom. The van der Waals surface area contributed by atoms with Crippen LogP contribution in [-0.2, 0) is 4.79 Å². The van der Waals surface area contributed by atoms with E-state index in [1.807, 2.05) is 13.8 Å². The zero-order chi connectivity index (χ0) is 6.57. The van der Waals surface area contributed by atoms with Crippen molar-refractivity contribution in [3.8, 4) is 0 Å². The maximum atomic E-state index is 10.6. The van der Waals surface area contributed by atoms with Crippen LogP contribution < -0.4 is 0 Å². The standard InChI is InChI=1S/C6H9ClO/c1-5(2)6(8)3-4-7/h3-5H,1-2H3/b4-3+. The van der Waals surface area contributed by atoms with Gasteiger partial charge in [-0.25, -0.2) is 0 Å². The molecule has 0 amide bonds. The van der Waals surface area contributed by atoms with Crippen molar-refractivity contribution in [1.29, 1.82) is 0 Å². The van der Waals surface area contributed by atoms with Crippen LogP contribution in [0.4, 0.5) is 0 Å². The second-order valence-electron chi connectivity index (χ2n) is 1.85. The number of allylic oxidation sites excluding steroid dienone is 1. The van der Waals surface area contributed by atoms with Gasteiger partial charge < -0.3 is 0 Å².